The first-order chi connectivity index (χ1) is 7.65. The van der Waals surface area contributed by atoms with E-state index in [-0.39, 0.29) is 6.54 Å². The lowest BCUT2D eigenvalue weighted by Crippen LogP contribution is -2.37. The van der Waals surface area contributed by atoms with E-state index < -0.39 is 12.0 Å². The lowest BCUT2D eigenvalue weighted by molar-refractivity contribution is -0.125. The lowest BCUT2D eigenvalue weighted by Gasteiger charge is -2.09. The van der Waals surface area contributed by atoms with Crippen molar-refractivity contribution in [1.82, 2.24) is 14.9 Å². The highest BCUT2D eigenvalue weighted by Crippen LogP contribution is 1.98. The van der Waals surface area contributed by atoms with Gasteiger partial charge in [-0.3, -0.25) is 4.79 Å². The summed E-state index contributed by atoms with van der Waals surface area (Å²) in [6, 6.07) is 0. The van der Waals surface area contributed by atoms with Gasteiger partial charge in [0.25, 0.3) is 0 Å². The Bertz CT molecular complexity index is 337. The summed E-state index contributed by atoms with van der Waals surface area (Å²) in [5.41, 5.74) is 4.92. The second-order valence-electron chi connectivity index (χ2n) is 3.59. The number of primary amides is 1. The number of imidazole rings is 1. The fraction of sp³-hybridized carbons (Fsp3) is 0.600. The van der Waals surface area contributed by atoms with Crippen LogP contribution in [0.1, 0.15) is 19.2 Å². The first-order valence-corrected chi connectivity index (χ1v) is 5.33. The van der Waals surface area contributed by atoms with E-state index in [1.54, 1.807) is 6.20 Å². The van der Waals surface area contributed by atoms with E-state index in [9.17, 15) is 4.79 Å². The normalized spacial score (nSPS) is 12.6. The lowest BCUT2D eigenvalue weighted by atomic mass is 10.3. The fourth-order valence-corrected chi connectivity index (χ4v) is 1.37. The zero-order valence-electron chi connectivity index (χ0n) is 9.39. The highest BCUT2D eigenvalue weighted by atomic mass is 16.3. The average Bonchev–Trinajstić information content (AvgIpc) is 2.66. The summed E-state index contributed by atoms with van der Waals surface area (Å²) in [4.78, 5) is 14.8. The molecule has 0 aliphatic heterocycles. The topological polar surface area (TPSA) is 93.2 Å². The Morgan fingerprint density at radius 2 is 2.50 bits per heavy atom. The third-order valence-electron chi connectivity index (χ3n) is 2.22. The largest absolute Gasteiger partial charge is 0.382 e. The van der Waals surface area contributed by atoms with Crippen LogP contribution < -0.4 is 11.1 Å². The molecule has 0 saturated carbocycles. The molecule has 90 valence electrons. The molecule has 1 unspecified atom stereocenters. The van der Waals surface area contributed by atoms with E-state index >= 15 is 0 Å². The molecule has 0 spiro atoms. The zero-order valence-corrected chi connectivity index (χ0v) is 9.39. The molecule has 16 heavy (non-hydrogen) atoms. The van der Waals surface area contributed by atoms with Gasteiger partial charge >= 0.3 is 0 Å². The Hall–Kier alpha value is -1.40. The van der Waals surface area contributed by atoms with E-state index in [1.807, 2.05) is 10.8 Å². The molecule has 0 radical (unpaired) electrons. The van der Waals surface area contributed by atoms with E-state index in [0.29, 0.717) is 6.54 Å². The number of aliphatic hydroxyl groups is 1. The number of rotatable bonds is 7. The minimum Gasteiger partial charge on any atom is -0.382 e. The Labute approximate surface area is 94.5 Å². The van der Waals surface area contributed by atoms with Gasteiger partial charge < -0.3 is 20.7 Å². The van der Waals surface area contributed by atoms with Crippen LogP contribution in [0.2, 0.25) is 0 Å². The van der Waals surface area contributed by atoms with Crippen LogP contribution in [0.4, 0.5) is 0 Å². The van der Waals surface area contributed by atoms with Crippen molar-refractivity contribution in [1.29, 1.82) is 0 Å². The molecule has 0 saturated heterocycles. The summed E-state index contributed by atoms with van der Waals surface area (Å²) >= 11 is 0. The summed E-state index contributed by atoms with van der Waals surface area (Å²) in [6.07, 6.45) is 3.53. The van der Waals surface area contributed by atoms with Gasteiger partial charge in [0.1, 0.15) is 11.9 Å². The van der Waals surface area contributed by atoms with E-state index in [0.717, 1.165) is 18.8 Å². The highest BCUT2D eigenvalue weighted by Gasteiger charge is 2.10. The molecule has 1 atom stereocenters. The van der Waals surface area contributed by atoms with Crippen LogP contribution in [0.3, 0.4) is 0 Å². The molecule has 1 heterocycles. The molecule has 0 bridgehead atoms. The molecule has 0 aromatic carbocycles. The molecule has 4 N–H and O–H groups in total. The molecular formula is C10H18N4O2. The molecular weight excluding hydrogens is 208 g/mol. The Morgan fingerprint density at radius 3 is 3.12 bits per heavy atom. The van der Waals surface area contributed by atoms with Crippen molar-refractivity contribution in [3.05, 3.63) is 18.2 Å². The molecule has 0 fully saturated rings. The van der Waals surface area contributed by atoms with Crippen LogP contribution in [0.15, 0.2) is 12.4 Å². The molecule has 6 heteroatoms. The summed E-state index contributed by atoms with van der Waals surface area (Å²) in [7, 11) is 0. The molecule has 1 aromatic rings. The second-order valence-corrected chi connectivity index (χ2v) is 3.59. The summed E-state index contributed by atoms with van der Waals surface area (Å²) < 4.78 is 2.03. The number of aryl methyl sites for hydroxylation is 1. The van der Waals surface area contributed by atoms with Crippen LogP contribution >= 0.6 is 0 Å². The van der Waals surface area contributed by atoms with Gasteiger partial charge in [-0.15, -0.1) is 0 Å². The minimum absolute atomic E-state index is 0.147. The van der Waals surface area contributed by atoms with Crippen molar-refractivity contribution in [3.8, 4) is 0 Å². The van der Waals surface area contributed by atoms with Crippen molar-refractivity contribution in [3.63, 3.8) is 0 Å². The smallest absolute Gasteiger partial charge is 0.247 e. The van der Waals surface area contributed by atoms with Crippen LogP contribution in [-0.2, 0) is 17.9 Å². The minimum atomic E-state index is -1.14. The standard InChI is InChI=1S/C10H18N4O2/c1-2-4-14-5-3-13-9(14)7-12-6-8(15)10(11)16/h3,5,8,12,15H,2,4,6-7H2,1H3,(H2,11,16). The first kappa shape index (κ1) is 12.7. The van der Waals surface area contributed by atoms with Crippen LogP contribution in [0, 0.1) is 0 Å². The molecule has 1 aromatic heterocycles. The number of nitrogens with two attached hydrogens (primary N) is 1. The summed E-state index contributed by atoms with van der Waals surface area (Å²) in [5, 5.41) is 12.1. The Kier molecular flexibility index (Phi) is 4.94. The number of nitrogens with zero attached hydrogens (tertiary/aromatic N) is 2. The van der Waals surface area contributed by atoms with Gasteiger partial charge in [-0.05, 0) is 6.42 Å². The SMILES string of the molecule is CCCn1ccnc1CNCC(O)C(N)=O. The van der Waals surface area contributed by atoms with Crippen molar-refractivity contribution in [2.24, 2.45) is 5.73 Å². The number of nitrogens with one attached hydrogen (secondary N) is 1. The number of hydrogen-bond donors (Lipinski definition) is 3. The Morgan fingerprint density at radius 1 is 1.75 bits per heavy atom. The van der Waals surface area contributed by atoms with Crippen molar-refractivity contribution in [2.75, 3.05) is 6.54 Å². The first-order valence-electron chi connectivity index (χ1n) is 5.33. The molecule has 0 aliphatic rings. The summed E-state index contributed by atoms with van der Waals surface area (Å²) in [6.45, 7) is 3.66. The number of aliphatic hydroxyl groups excluding tert-OH is 1. The van der Waals surface area contributed by atoms with Crippen LogP contribution in [-0.4, -0.2) is 33.2 Å². The molecule has 0 aliphatic carbocycles. The number of carbonyl (C=O) groups is 1. The number of hydrogen-bond acceptors (Lipinski definition) is 4. The maximum atomic E-state index is 10.6. The van der Waals surface area contributed by atoms with Crippen molar-refractivity contribution < 1.29 is 9.90 Å². The van der Waals surface area contributed by atoms with Gasteiger partial charge in [0.15, 0.2) is 0 Å². The summed E-state index contributed by atoms with van der Waals surface area (Å²) in [5.74, 6) is 0.169. The van der Waals surface area contributed by atoms with Gasteiger partial charge in [-0.25, -0.2) is 4.98 Å². The second kappa shape index (κ2) is 6.24. The zero-order chi connectivity index (χ0) is 12.0. The Balaban J connectivity index is 2.36. The molecule has 6 nitrogen and oxygen atoms in total. The van der Waals surface area contributed by atoms with E-state index in [1.165, 1.54) is 0 Å². The van der Waals surface area contributed by atoms with Crippen molar-refractivity contribution >= 4 is 5.91 Å². The van der Waals surface area contributed by atoms with E-state index in [2.05, 4.69) is 17.2 Å². The maximum absolute atomic E-state index is 10.6. The monoisotopic (exact) mass is 226 g/mol. The average molecular weight is 226 g/mol. The maximum Gasteiger partial charge on any atom is 0.247 e. The molecule has 1 amide bonds. The third kappa shape index (κ3) is 3.63. The van der Waals surface area contributed by atoms with E-state index in [4.69, 9.17) is 10.8 Å². The van der Waals surface area contributed by atoms with Crippen LogP contribution in [0.25, 0.3) is 0 Å². The predicted octanol–water partition coefficient (Wildman–Crippen LogP) is -0.771. The quantitative estimate of drug-likeness (QED) is 0.569. The number of amides is 1. The highest BCUT2D eigenvalue weighted by molar-refractivity contribution is 5.78. The van der Waals surface area contributed by atoms with Gasteiger partial charge in [0, 0.05) is 25.5 Å². The molecule has 1 rings (SSSR count). The van der Waals surface area contributed by atoms with Gasteiger partial charge in [-0.2, -0.15) is 0 Å². The van der Waals surface area contributed by atoms with Gasteiger partial charge in [0.05, 0.1) is 6.54 Å². The number of carbonyl (C=O) groups excluding carboxylic acids is 1. The van der Waals surface area contributed by atoms with Crippen molar-refractivity contribution in [2.45, 2.75) is 32.5 Å². The van der Waals surface area contributed by atoms with Gasteiger partial charge in [-0.1, -0.05) is 6.92 Å². The predicted molar refractivity (Wildman–Crippen MR) is 59.4 cm³/mol. The third-order valence-corrected chi connectivity index (χ3v) is 2.22. The fourth-order valence-electron chi connectivity index (χ4n) is 1.37. The number of aromatic nitrogens is 2. The van der Waals surface area contributed by atoms with Gasteiger partial charge in [0.2, 0.25) is 5.91 Å². The van der Waals surface area contributed by atoms with Crippen LogP contribution in [0.5, 0.6) is 0 Å².